The Bertz CT molecular complexity index is 798. The average Bonchev–Trinajstić information content (AvgIpc) is 3.01. The molecular formula is C21H26ClN3O2. The molecule has 0 aliphatic carbocycles. The number of benzene rings is 2. The fourth-order valence-electron chi connectivity index (χ4n) is 3.60. The van der Waals surface area contributed by atoms with Gasteiger partial charge < -0.3 is 15.4 Å². The molecule has 0 saturated carbocycles. The van der Waals surface area contributed by atoms with Crippen molar-refractivity contribution in [1.29, 1.82) is 0 Å². The predicted molar refractivity (Wildman–Crippen MR) is 110 cm³/mol. The van der Waals surface area contributed by atoms with Crippen molar-refractivity contribution in [3.63, 3.8) is 0 Å². The summed E-state index contributed by atoms with van der Waals surface area (Å²) in [4.78, 5) is 15.2. The summed E-state index contributed by atoms with van der Waals surface area (Å²) in [5.41, 5.74) is 2.47. The normalized spacial score (nSPS) is 19.7. The second kappa shape index (κ2) is 8.63. The van der Waals surface area contributed by atoms with Gasteiger partial charge in [0.2, 0.25) is 0 Å². The SMILES string of the molecule is CNc1cc(OC)c(C(=O)NC2CC(C)N(Cc3ccccc3)C2)cc1Cl. The van der Waals surface area contributed by atoms with Gasteiger partial charge in [-0.2, -0.15) is 0 Å². The van der Waals surface area contributed by atoms with Crippen LogP contribution in [0.3, 0.4) is 0 Å². The minimum absolute atomic E-state index is 0.101. The van der Waals surface area contributed by atoms with Crippen LogP contribution in [-0.4, -0.2) is 43.6 Å². The number of carbonyl (C=O) groups is 1. The van der Waals surface area contributed by atoms with Crippen LogP contribution >= 0.6 is 11.6 Å². The van der Waals surface area contributed by atoms with Crippen LogP contribution in [-0.2, 0) is 6.54 Å². The summed E-state index contributed by atoms with van der Waals surface area (Å²) < 4.78 is 5.38. The number of carbonyl (C=O) groups excluding carboxylic acids is 1. The van der Waals surface area contributed by atoms with Crippen molar-refractivity contribution in [1.82, 2.24) is 10.2 Å². The van der Waals surface area contributed by atoms with Crippen LogP contribution in [0.4, 0.5) is 5.69 Å². The Morgan fingerprint density at radius 3 is 2.70 bits per heavy atom. The van der Waals surface area contributed by atoms with E-state index in [9.17, 15) is 4.79 Å². The van der Waals surface area contributed by atoms with Crippen LogP contribution in [0, 0.1) is 0 Å². The van der Waals surface area contributed by atoms with Crippen molar-refractivity contribution in [3.8, 4) is 5.75 Å². The molecule has 0 aromatic heterocycles. The van der Waals surface area contributed by atoms with E-state index in [0.29, 0.717) is 22.4 Å². The lowest BCUT2D eigenvalue weighted by Gasteiger charge is -2.21. The molecule has 1 aliphatic rings. The van der Waals surface area contributed by atoms with Gasteiger partial charge in [0.25, 0.3) is 5.91 Å². The highest BCUT2D eigenvalue weighted by atomic mass is 35.5. The Hall–Kier alpha value is -2.24. The third-order valence-electron chi connectivity index (χ3n) is 5.07. The van der Waals surface area contributed by atoms with Gasteiger partial charge >= 0.3 is 0 Å². The van der Waals surface area contributed by atoms with Crippen molar-refractivity contribution in [2.24, 2.45) is 0 Å². The van der Waals surface area contributed by atoms with Gasteiger partial charge in [0.15, 0.2) is 0 Å². The van der Waals surface area contributed by atoms with E-state index in [0.717, 1.165) is 25.2 Å². The maximum absolute atomic E-state index is 12.8. The molecule has 2 aromatic carbocycles. The maximum atomic E-state index is 12.8. The van der Waals surface area contributed by atoms with Crippen molar-refractivity contribution in [2.45, 2.75) is 32.0 Å². The second-order valence-electron chi connectivity index (χ2n) is 6.95. The second-order valence-corrected chi connectivity index (χ2v) is 7.36. The number of amides is 1. The highest BCUT2D eigenvalue weighted by Gasteiger charge is 2.30. The smallest absolute Gasteiger partial charge is 0.255 e. The molecule has 0 spiro atoms. The molecule has 1 aliphatic heterocycles. The largest absolute Gasteiger partial charge is 0.496 e. The van der Waals surface area contributed by atoms with Gasteiger partial charge in [-0.3, -0.25) is 9.69 Å². The number of nitrogens with one attached hydrogen (secondary N) is 2. The number of nitrogens with zero attached hydrogens (tertiary/aromatic N) is 1. The lowest BCUT2D eigenvalue weighted by molar-refractivity contribution is 0.0934. The van der Waals surface area contributed by atoms with Gasteiger partial charge in [-0.25, -0.2) is 0 Å². The van der Waals surface area contributed by atoms with Gasteiger partial charge in [-0.1, -0.05) is 41.9 Å². The van der Waals surface area contributed by atoms with Crippen LogP contribution in [0.1, 0.15) is 29.3 Å². The topological polar surface area (TPSA) is 53.6 Å². The summed E-state index contributed by atoms with van der Waals surface area (Å²) in [5.74, 6) is 0.351. The van der Waals surface area contributed by atoms with Crippen LogP contribution < -0.4 is 15.4 Å². The molecule has 0 radical (unpaired) electrons. The van der Waals surface area contributed by atoms with E-state index in [2.05, 4.69) is 46.7 Å². The lowest BCUT2D eigenvalue weighted by atomic mass is 10.1. The fourth-order valence-corrected chi connectivity index (χ4v) is 3.85. The number of methoxy groups -OCH3 is 1. The molecule has 2 unspecified atom stereocenters. The summed E-state index contributed by atoms with van der Waals surface area (Å²) in [7, 11) is 3.33. The first-order valence-electron chi connectivity index (χ1n) is 9.16. The van der Waals surface area contributed by atoms with Gasteiger partial charge in [0.05, 0.1) is 23.4 Å². The first-order valence-corrected chi connectivity index (χ1v) is 9.53. The van der Waals surface area contributed by atoms with Gasteiger partial charge in [0, 0.05) is 38.3 Å². The number of rotatable bonds is 6. The van der Waals surface area contributed by atoms with Crippen LogP contribution in [0.5, 0.6) is 5.75 Å². The zero-order valence-corrected chi connectivity index (χ0v) is 16.7. The molecule has 3 rings (SSSR count). The number of ether oxygens (including phenoxy) is 1. The molecule has 27 heavy (non-hydrogen) atoms. The van der Waals surface area contributed by atoms with Crippen molar-refractivity contribution >= 4 is 23.2 Å². The molecule has 0 bridgehead atoms. The molecule has 2 atom stereocenters. The summed E-state index contributed by atoms with van der Waals surface area (Å²) in [6.45, 7) is 3.92. The Labute approximate surface area is 165 Å². The molecular weight excluding hydrogens is 362 g/mol. The van der Waals surface area contributed by atoms with E-state index in [-0.39, 0.29) is 11.9 Å². The van der Waals surface area contributed by atoms with Gasteiger partial charge in [0.1, 0.15) is 5.75 Å². The van der Waals surface area contributed by atoms with Crippen LogP contribution in [0.2, 0.25) is 5.02 Å². The molecule has 2 aromatic rings. The van der Waals surface area contributed by atoms with E-state index >= 15 is 0 Å². The Kier molecular flexibility index (Phi) is 6.24. The summed E-state index contributed by atoms with van der Waals surface area (Å²) in [6, 6.07) is 14.3. The number of anilines is 1. The third kappa shape index (κ3) is 4.54. The molecule has 144 valence electrons. The highest BCUT2D eigenvalue weighted by Crippen LogP contribution is 2.31. The van der Waals surface area contributed by atoms with Crippen molar-refractivity contribution in [2.75, 3.05) is 26.0 Å². The number of likely N-dealkylation sites (tertiary alicyclic amines) is 1. The van der Waals surface area contributed by atoms with E-state index in [4.69, 9.17) is 16.3 Å². The van der Waals surface area contributed by atoms with Crippen LogP contribution in [0.25, 0.3) is 0 Å². The zero-order chi connectivity index (χ0) is 19.4. The Balaban J connectivity index is 1.67. The van der Waals surface area contributed by atoms with Crippen molar-refractivity contribution < 1.29 is 9.53 Å². The first kappa shape index (κ1) is 19.5. The maximum Gasteiger partial charge on any atom is 0.255 e. The average molecular weight is 388 g/mol. The lowest BCUT2D eigenvalue weighted by Crippen LogP contribution is -2.37. The third-order valence-corrected chi connectivity index (χ3v) is 5.38. The molecule has 1 amide bonds. The summed E-state index contributed by atoms with van der Waals surface area (Å²) in [5, 5.41) is 6.63. The van der Waals surface area contributed by atoms with Crippen LogP contribution in [0.15, 0.2) is 42.5 Å². The molecule has 1 fully saturated rings. The predicted octanol–water partition coefficient (Wildman–Crippen LogP) is 3.78. The molecule has 1 heterocycles. The zero-order valence-electron chi connectivity index (χ0n) is 16.0. The monoisotopic (exact) mass is 387 g/mol. The summed E-state index contributed by atoms with van der Waals surface area (Å²) in [6.07, 6.45) is 0.920. The number of hydrogen-bond acceptors (Lipinski definition) is 4. The molecule has 6 heteroatoms. The molecule has 1 saturated heterocycles. The Morgan fingerprint density at radius 2 is 2.04 bits per heavy atom. The number of halogens is 1. The molecule has 5 nitrogen and oxygen atoms in total. The van der Waals surface area contributed by atoms with E-state index in [1.807, 2.05) is 6.07 Å². The molecule has 2 N–H and O–H groups in total. The first-order chi connectivity index (χ1) is 13.0. The highest BCUT2D eigenvalue weighted by molar-refractivity contribution is 6.33. The quantitative estimate of drug-likeness (QED) is 0.792. The van der Waals surface area contributed by atoms with E-state index < -0.39 is 0 Å². The van der Waals surface area contributed by atoms with Gasteiger partial charge in [-0.05, 0) is 25.0 Å². The Morgan fingerprint density at radius 1 is 1.30 bits per heavy atom. The van der Waals surface area contributed by atoms with E-state index in [1.165, 1.54) is 5.56 Å². The minimum atomic E-state index is -0.157. The van der Waals surface area contributed by atoms with Crippen molar-refractivity contribution in [3.05, 3.63) is 58.6 Å². The minimum Gasteiger partial charge on any atom is -0.496 e. The number of hydrogen-bond donors (Lipinski definition) is 2. The van der Waals surface area contributed by atoms with Gasteiger partial charge in [-0.15, -0.1) is 0 Å². The fraction of sp³-hybridized carbons (Fsp3) is 0.381. The standard InChI is InChI=1S/C21H26ClN3O2/c1-14-9-16(13-25(14)12-15-7-5-4-6-8-15)24-21(26)17-10-18(22)19(23-2)11-20(17)27-3/h4-8,10-11,14,16,23H,9,12-13H2,1-3H3,(H,24,26). The summed E-state index contributed by atoms with van der Waals surface area (Å²) >= 11 is 6.25. The van der Waals surface area contributed by atoms with E-state index in [1.54, 1.807) is 26.3 Å².